The monoisotopic (exact) mass is 379 g/mol. The zero-order valence-corrected chi connectivity index (χ0v) is 15.3. The van der Waals surface area contributed by atoms with Crippen LogP contribution in [-0.4, -0.2) is 42.1 Å². The molecule has 25 heavy (non-hydrogen) atoms. The predicted molar refractivity (Wildman–Crippen MR) is 97.1 cm³/mol. The zero-order chi connectivity index (χ0) is 18.0. The Morgan fingerprint density at radius 1 is 1.48 bits per heavy atom. The summed E-state index contributed by atoms with van der Waals surface area (Å²) in [6.45, 7) is 0. The first kappa shape index (κ1) is 18.1. The number of hydrogen-bond acceptors (Lipinski definition) is 4. The number of hydrogen-bond donors (Lipinski definition) is 1. The summed E-state index contributed by atoms with van der Waals surface area (Å²) in [5.74, 6) is -0.215. The van der Waals surface area contributed by atoms with Crippen molar-refractivity contribution in [3.63, 3.8) is 0 Å². The van der Waals surface area contributed by atoms with E-state index in [1.165, 1.54) is 7.11 Å². The molecule has 1 aromatic rings. The summed E-state index contributed by atoms with van der Waals surface area (Å²) < 4.78 is 5.29. The van der Waals surface area contributed by atoms with Gasteiger partial charge in [-0.25, -0.2) is 0 Å². The molecule has 0 aliphatic carbocycles. The zero-order valence-electron chi connectivity index (χ0n) is 13.8. The molecule has 1 amide bonds. The molecule has 0 aromatic heterocycles. The Kier molecular flexibility index (Phi) is 5.53. The number of benzene rings is 1. The number of nitriles is 1. The van der Waals surface area contributed by atoms with Crippen LogP contribution in [0.5, 0.6) is 0 Å². The SMILES string of the molecule is CO[C@@H](/C=C/c1cc(Cl)ccc1Cl)C(=O)N[C@@H]1C[C@@H]2CC[C@H]1N2C#N. The molecule has 132 valence electrons. The quantitative estimate of drug-likeness (QED) is 0.797. The third kappa shape index (κ3) is 3.77. The summed E-state index contributed by atoms with van der Waals surface area (Å²) in [6, 6.07) is 5.48. The van der Waals surface area contributed by atoms with Crippen molar-refractivity contribution in [1.29, 1.82) is 5.26 Å². The van der Waals surface area contributed by atoms with Gasteiger partial charge in [-0.05, 0) is 49.1 Å². The smallest absolute Gasteiger partial charge is 0.253 e. The van der Waals surface area contributed by atoms with E-state index in [4.69, 9.17) is 27.9 Å². The first-order valence-electron chi connectivity index (χ1n) is 8.18. The molecule has 2 fully saturated rings. The van der Waals surface area contributed by atoms with E-state index in [0.717, 1.165) is 24.8 Å². The van der Waals surface area contributed by atoms with Gasteiger partial charge in [0.15, 0.2) is 12.3 Å². The minimum Gasteiger partial charge on any atom is -0.367 e. The maximum absolute atomic E-state index is 12.5. The van der Waals surface area contributed by atoms with E-state index >= 15 is 0 Å². The van der Waals surface area contributed by atoms with E-state index in [9.17, 15) is 10.1 Å². The van der Waals surface area contributed by atoms with E-state index in [0.29, 0.717) is 10.0 Å². The summed E-state index contributed by atoms with van der Waals surface area (Å²) in [5, 5.41) is 13.4. The largest absolute Gasteiger partial charge is 0.367 e. The van der Waals surface area contributed by atoms with Crippen LogP contribution in [-0.2, 0) is 9.53 Å². The van der Waals surface area contributed by atoms with Crippen molar-refractivity contribution in [2.45, 2.75) is 43.5 Å². The molecule has 4 atom stereocenters. The summed E-state index contributed by atoms with van der Waals surface area (Å²) in [7, 11) is 1.48. The Hall–Kier alpha value is -1.74. The highest BCUT2D eigenvalue weighted by Gasteiger charge is 2.46. The fraction of sp³-hybridized carbons (Fsp3) is 0.444. The summed E-state index contributed by atoms with van der Waals surface area (Å²) in [5.41, 5.74) is 0.722. The molecule has 0 saturated carbocycles. The maximum Gasteiger partial charge on any atom is 0.253 e. The Bertz CT molecular complexity index is 732. The highest BCUT2D eigenvalue weighted by atomic mass is 35.5. The average Bonchev–Trinajstić information content (AvgIpc) is 3.14. The number of nitrogens with zero attached hydrogens (tertiary/aromatic N) is 2. The van der Waals surface area contributed by atoms with Gasteiger partial charge < -0.3 is 15.0 Å². The number of fused-ring (bicyclic) bond motifs is 2. The van der Waals surface area contributed by atoms with Gasteiger partial charge >= 0.3 is 0 Å². The minimum atomic E-state index is -0.732. The fourth-order valence-electron chi connectivity index (χ4n) is 3.67. The lowest BCUT2D eigenvalue weighted by Gasteiger charge is -2.23. The molecule has 2 bridgehead atoms. The van der Waals surface area contributed by atoms with E-state index < -0.39 is 6.10 Å². The van der Waals surface area contributed by atoms with E-state index in [2.05, 4.69) is 11.5 Å². The van der Waals surface area contributed by atoms with Crippen LogP contribution in [0.4, 0.5) is 0 Å². The van der Waals surface area contributed by atoms with Crippen LogP contribution in [0.3, 0.4) is 0 Å². The first-order chi connectivity index (χ1) is 12.0. The van der Waals surface area contributed by atoms with E-state index in [1.54, 1.807) is 30.4 Å². The van der Waals surface area contributed by atoms with Gasteiger partial charge in [-0.2, -0.15) is 5.26 Å². The second-order valence-electron chi connectivity index (χ2n) is 6.34. The Morgan fingerprint density at radius 2 is 2.28 bits per heavy atom. The molecule has 1 N–H and O–H groups in total. The minimum absolute atomic E-state index is 0.00768. The van der Waals surface area contributed by atoms with Crippen molar-refractivity contribution in [2.75, 3.05) is 7.11 Å². The molecule has 0 unspecified atom stereocenters. The highest BCUT2D eigenvalue weighted by Crippen LogP contribution is 2.37. The van der Waals surface area contributed by atoms with Gasteiger partial charge in [0.05, 0.1) is 12.1 Å². The van der Waals surface area contributed by atoms with Crippen molar-refractivity contribution in [3.05, 3.63) is 39.9 Å². The maximum atomic E-state index is 12.5. The van der Waals surface area contributed by atoms with Crippen LogP contribution in [0.15, 0.2) is 24.3 Å². The van der Waals surface area contributed by atoms with Gasteiger partial charge in [0.1, 0.15) is 0 Å². The lowest BCUT2D eigenvalue weighted by Crippen LogP contribution is -2.47. The molecule has 3 rings (SSSR count). The Balaban J connectivity index is 1.65. The molecule has 7 heteroatoms. The van der Waals surface area contributed by atoms with Crippen LogP contribution < -0.4 is 5.32 Å². The van der Waals surface area contributed by atoms with Gasteiger partial charge in [0, 0.05) is 23.2 Å². The molecule has 2 heterocycles. The topological polar surface area (TPSA) is 65.4 Å². The summed E-state index contributed by atoms with van der Waals surface area (Å²) in [6.07, 6.45) is 7.66. The molecule has 1 aromatic carbocycles. The molecule has 2 saturated heterocycles. The average molecular weight is 380 g/mol. The van der Waals surface area contributed by atoms with E-state index in [1.807, 2.05) is 4.90 Å². The number of carbonyl (C=O) groups excluding carboxylic acids is 1. The Labute approximate surface area is 157 Å². The van der Waals surface area contributed by atoms with Crippen molar-refractivity contribution < 1.29 is 9.53 Å². The van der Waals surface area contributed by atoms with E-state index in [-0.39, 0.29) is 24.0 Å². The van der Waals surface area contributed by atoms with Crippen molar-refractivity contribution in [2.24, 2.45) is 0 Å². The second-order valence-corrected chi connectivity index (χ2v) is 7.18. The predicted octanol–water partition coefficient (Wildman–Crippen LogP) is 3.22. The number of rotatable bonds is 5. The molecule has 5 nitrogen and oxygen atoms in total. The van der Waals surface area contributed by atoms with Crippen LogP contribution in [0.2, 0.25) is 10.0 Å². The number of ether oxygens (including phenoxy) is 1. The van der Waals surface area contributed by atoms with Gasteiger partial charge in [-0.15, -0.1) is 0 Å². The van der Waals surface area contributed by atoms with Crippen LogP contribution >= 0.6 is 23.2 Å². The van der Waals surface area contributed by atoms with Crippen LogP contribution in [0.25, 0.3) is 6.08 Å². The lowest BCUT2D eigenvalue weighted by molar-refractivity contribution is -0.129. The lowest BCUT2D eigenvalue weighted by atomic mass is 9.95. The standard InChI is InChI=1S/C18H19Cl2N3O2/c1-25-17(7-2-11-8-12(19)3-5-14(11)20)18(24)22-15-9-13-4-6-16(15)23(13)10-21/h2-3,5,7-8,13,15-17H,4,6,9H2,1H3,(H,22,24)/b7-2+/t13-,15+,16+,17-/m0/s1. The van der Waals surface area contributed by atoms with Gasteiger partial charge in [0.25, 0.3) is 5.91 Å². The summed E-state index contributed by atoms with van der Waals surface area (Å²) >= 11 is 12.1. The van der Waals surface area contributed by atoms with Crippen molar-refractivity contribution in [3.8, 4) is 6.19 Å². The third-order valence-corrected chi connectivity index (χ3v) is 5.48. The molecule has 2 aliphatic rings. The van der Waals surface area contributed by atoms with Crippen molar-refractivity contribution in [1.82, 2.24) is 10.2 Å². The van der Waals surface area contributed by atoms with Crippen molar-refractivity contribution >= 4 is 35.2 Å². The Morgan fingerprint density at radius 3 is 2.96 bits per heavy atom. The number of amides is 1. The van der Waals surface area contributed by atoms with Gasteiger partial charge in [-0.1, -0.05) is 29.3 Å². The molecular weight excluding hydrogens is 361 g/mol. The number of halogens is 2. The highest BCUT2D eigenvalue weighted by molar-refractivity contribution is 6.34. The molecule has 2 aliphatic heterocycles. The number of nitrogens with one attached hydrogen (secondary N) is 1. The molecule has 0 radical (unpaired) electrons. The van der Waals surface area contributed by atoms with Gasteiger partial charge in [0.2, 0.25) is 0 Å². The summed E-state index contributed by atoms with van der Waals surface area (Å²) in [4.78, 5) is 14.3. The first-order valence-corrected chi connectivity index (χ1v) is 8.93. The normalized spacial score (nSPS) is 26.0. The van der Waals surface area contributed by atoms with Gasteiger partial charge in [-0.3, -0.25) is 4.79 Å². The fourth-order valence-corrected chi connectivity index (χ4v) is 4.03. The van der Waals surface area contributed by atoms with Crippen LogP contribution in [0, 0.1) is 11.5 Å². The molecule has 0 spiro atoms. The number of carbonyl (C=O) groups is 1. The van der Waals surface area contributed by atoms with Crippen LogP contribution in [0.1, 0.15) is 24.8 Å². The second kappa shape index (κ2) is 7.65. The number of methoxy groups -OCH3 is 1. The molecular formula is C18H19Cl2N3O2. The third-order valence-electron chi connectivity index (χ3n) is 4.90.